The number of piperidine rings is 1. The third-order valence-corrected chi connectivity index (χ3v) is 2.25. The van der Waals surface area contributed by atoms with Crippen LogP contribution in [0.25, 0.3) is 0 Å². The maximum absolute atomic E-state index is 3.50. The molecule has 1 unspecified atom stereocenters. The zero-order valence-electron chi connectivity index (χ0n) is 6.48. The first-order valence-corrected chi connectivity index (χ1v) is 4.06. The molecule has 0 amide bonds. The third-order valence-electron chi connectivity index (χ3n) is 2.25. The molecular formula is C8H17N. The van der Waals surface area contributed by atoms with Crippen LogP contribution in [0.15, 0.2) is 0 Å². The molecular weight excluding hydrogens is 110 g/mol. The predicted molar refractivity (Wildman–Crippen MR) is 40.5 cm³/mol. The zero-order chi connectivity index (χ0) is 6.69. The normalized spacial score (nSPS) is 36.7. The first-order chi connectivity index (χ1) is 4.33. The number of rotatable bonds is 1. The van der Waals surface area contributed by atoms with Crippen molar-refractivity contribution in [2.45, 2.75) is 39.2 Å². The molecule has 1 saturated heterocycles. The molecule has 1 fully saturated rings. The van der Waals surface area contributed by atoms with Gasteiger partial charge in [-0.3, -0.25) is 0 Å². The van der Waals surface area contributed by atoms with Gasteiger partial charge in [-0.2, -0.15) is 0 Å². The fourth-order valence-electron chi connectivity index (χ4n) is 1.53. The summed E-state index contributed by atoms with van der Waals surface area (Å²) in [7, 11) is 0. The average Bonchev–Trinajstić information content (AvgIpc) is 1.88. The summed E-state index contributed by atoms with van der Waals surface area (Å²) in [4.78, 5) is 0. The minimum Gasteiger partial charge on any atom is -0.314 e. The molecule has 0 saturated carbocycles. The van der Waals surface area contributed by atoms with Crippen molar-refractivity contribution in [1.29, 1.82) is 0 Å². The van der Waals surface area contributed by atoms with E-state index in [2.05, 4.69) is 19.2 Å². The molecule has 0 radical (unpaired) electrons. The molecule has 1 nitrogen and oxygen atoms in total. The Morgan fingerprint density at radius 2 is 2.33 bits per heavy atom. The van der Waals surface area contributed by atoms with E-state index in [4.69, 9.17) is 0 Å². The van der Waals surface area contributed by atoms with E-state index in [-0.39, 0.29) is 0 Å². The molecule has 1 N–H and O–H groups in total. The van der Waals surface area contributed by atoms with Crippen LogP contribution < -0.4 is 5.32 Å². The molecule has 9 heavy (non-hydrogen) atoms. The summed E-state index contributed by atoms with van der Waals surface area (Å²) < 4.78 is 0. The smallest absolute Gasteiger partial charge is 0.00669 e. The van der Waals surface area contributed by atoms with Crippen LogP contribution in [0.3, 0.4) is 0 Å². The van der Waals surface area contributed by atoms with Gasteiger partial charge in [0.1, 0.15) is 0 Å². The van der Waals surface area contributed by atoms with Crippen LogP contribution in [0.4, 0.5) is 0 Å². The second-order valence-electron chi connectivity index (χ2n) is 3.19. The van der Waals surface area contributed by atoms with Gasteiger partial charge in [0, 0.05) is 6.04 Å². The lowest BCUT2D eigenvalue weighted by molar-refractivity contribution is 0.314. The Balaban J connectivity index is 2.23. The highest BCUT2D eigenvalue weighted by atomic mass is 14.9. The molecule has 54 valence electrons. The minimum absolute atomic E-state index is 0.814. The Morgan fingerprint density at radius 1 is 1.56 bits per heavy atom. The molecule has 0 aromatic heterocycles. The van der Waals surface area contributed by atoms with Gasteiger partial charge in [0.15, 0.2) is 0 Å². The van der Waals surface area contributed by atoms with E-state index in [0.29, 0.717) is 0 Å². The Kier molecular flexibility index (Phi) is 2.52. The lowest BCUT2D eigenvalue weighted by Crippen LogP contribution is -2.36. The molecule has 2 atom stereocenters. The fraction of sp³-hybridized carbons (Fsp3) is 1.00. The maximum atomic E-state index is 3.50. The van der Waals surface area contributed by atoms with Crippen LogP contribution >= 0.6 is 0 Å². The Morgan fingerprint density at radius 3 is 2.78 bits per heavy atom. The molecule has 0 spiro atoms. The van der Waals surface area contributed by atoms with Crippen molar-refractivity contribution in [3.05, 3.63) is 0 Å². The highest BCUT2D eigenvalue weighted by molar-refractivity contribution is 4.74. The summed E-state index contributed by atoms with van der Waals surface area (Å²) in [5.74, 6) is 0.955. The van der Waals surface area contributed by atoms with Crippen molar-refractivity contribution in [2.75, 3.05) is 6.54 Å². The van der Waals surface area contributed by atoms with Gasteiger partial charge in [0.05, 0.1) is 0 Å². The van der Waals surface area contributed by atoms with Gasteiger partial charge in [0.25, 0.3) is 0 Å². The Labute approximate surface area is 57.8 Å². The fourth-order valence-corrected chi connectivity index (χ4v) is 1.53. The van der Waals surface area contributed by atoms with Crippen LogP contribution in [0.1, 0.15) is 33.1 Å². The topological polar surface area (TPSA) is 12.0 Å². The molecule has 0 aromatic rings. The number of nitrogens with one attached hydrogen (secondary N) is 1. The molecule has 1 aliphatic rings. The first-order valence-electron chi connectivity index (χ1n) is 4.06. The highest BCUT2D eigenvalue weighted by Crippen LogP contribution is 2.16. The zero-order valence-corrected chi connectivity index (χ0v) is 6.48. The third kappa shape index (κ3) is 1.98. The van der Waals surface area contributed by atoms with Crippen LogP contribution in [0.5, 0.6) is 0 Å². The van der Waals surface area contributed by atoms with E-state index >= 15 is 0 Å². The number of hydrogen-bond acceptors (Lipinski definition) is 1. The molecule has 0 aromatic carbocycles. The molecule has 0 aliphatic carbocycles. The van der Waals surface area contributed by atoms with Gasteiger partial charge in [-0.25, -0.2) is 0 Å². The molecule has 1 heterocycles. The van der Waals surface area contributed by atoms with Gasteiger partial charge in [-0.1, -0.05) is 13.8 Å². The summed E-state index contributed by atoms with van der Waals surface area (Å²) in [6, 6.07) is 0.814. The van der Waals surface area contributed by atoms with Crippen molar-refractivity contribution in [2.24, 2.45) is 5.92 Å². The second kappa shape index (κ2) is 3.21. The van der Waals surface area contributed by atoms with Crippen LogP contribution in [-0.4, -0.2) is 12.6 Å². The van der Waals surface area contributed by atoms with E-state index in [0.717, 1.165) is 12.0 Å². The summed E-state index contributed by atoms with van der Waals surface area (Å²) in [5, 5.41) is 3.50. The van der Waals surface area contributed by atoms with Crippen LogP contribution in [0, 0.1) is 5.92 Å². The van der Waals surface area contributed by atoms with E-state index < -0.39 is 0 Å². The van der Waals surface area contributed by atoms with E-state index in [1.54, 1.807) is 0 Å². The number of hydrogen-bond donors (Lipinski definition) is 1. The largest absolute Gasteiger partial charge is 0.314 e. The standard InChI is InChI=1S/C8H17N/c1-3-8-6-7(2)4-5-9-8/h7-9H,3-6H2,1-2H3/t7?,8-/m0/s1. The van der Waals surface area contributed by atoms with E-state index in [1.807, 2.05) is 0 Å². The van der Waals surface area contributed by atoms with Crippen molar-refractivity contribution in [3.63, 3.8) is 0 Å². The average molecular weight is 127 g/mol. The summed E-state index contributed by atoms with van der Waals surface area (Å²) in [6.45, 7) is 5.85. The van der Waals surface area contributed by atoms with Crippen molar-refractivity contribution in [3.8, 4) is 0 Å². The minimum atomic E-state index is 0.814. The maximum Gasteiger partial charge on any atom is 0.00669 e. The van der Waals surface area contributed by atoms with Crippen molar-refractivity contribution in [1.82, 2.24) is 5.32 Å². The monoisotopic (exact) mass is 127 g/mol. The Hall–Kier alpha value is -0.0400. The van der Waals surface area contributed by atoms with Gasteiger partial charge < -0.3 is 5.32 Å². The lowest BCUT2D eigenvalue weighted by atomic mass is 9.93. The molecule has 1 heteroatoms. The van der Waals surface area contributed by atoms with Crippen molar-refractivity contribution < 1.29 is 0 Å². The van der Waals surface area contributed by atoms with Crippen LogP contribution in [-0.2, 0) is 0 Å². The summed E-state index contributed by atoms with van der Waals surface area (Å²) >= 11 is 0. The van der Waals surface area contributed by atoms with Gasteiger partial charge >= 0.3 is 0 Å². The molecule has 0 bridgehead atoms. The first kappa shape index (κ1) is 7.07. The van der Waals surface area contributed by atoms with E-state index in [9.17, 15) is 0 Å². The Bertz CT molecular complexity index is 80.6. The van der Waals surface area contributed by atoms with E-state index in [1.165, 1.54) is 25.8 Å². The quantitative estimate of drug-likeness (QED) is 0.566. The van der Waals surface area contributed by atoms with Gasteiger partial charge in [-0.15, -0.1) is 0 Å². The second-order valence-corrected chi connectivity index (χ2v) is 3.19. The molecule has 1 aliphatic heterocycles. The highest BCUT2D eigenvalue weighted by Gasteiger charge is 2.15. The van der Waals surface area contributed by atoms with Crippen LogP contribution in [0.2, 0.25) is 0 Å². The van der Waals surface area contributed by atoms with Crippen molar-refractivity contribution >= 4 is 0 Å². The summed E-state index contributed by atoms with van der Waals surface area (Å²) in [5.41, 5.74) is 0. The van der Waals surface area contributed by atoms with Gasteiger partial charge in [-0.05, 0) is 31.7 Å². The summed E-state index contributed by atoms with van der Waals surface area (Å²) in [6.07, 6.45) is 4.05. The SMILES string of the molecule is CC[C@H]1CC(C)CCN1. The predicted octanol–water partition coefficient (Wildman–Crippen LogP) is 1.78. The van der Waals surface area contributed by atoms with Gasteiger partial charge in [0.2, 0.25) is 0 Å². The molecule has 1 rings (SSSR count). The lowest BCUT2D eigenvalue weighted by Gasteiger charge is -2.26.